The highest BCUT2D eigenvalue weighted by Crippen LogP contribution is 2.15. The Kier molecular flexibility index (Phi) is 6.18. The molecule has 0 aromatic heterocycles. The number of ether oxygens (including phenoxy) is 1. The fourth-order valence-corrected chi connectivity index (χ4v) is 2.01. The first kappa shape index (κ1) is 16.2. The van der Waals surface area contributed by atoms with Crippen molar-refractivity contribution in [2.75, 3.05) is 13.2 Å². The van der Waals surface area contributed by atoms with Crippen molar-refractivity contribution in [3.8, 4) is 0 Å². The quantitative estimate of drug-likeness (QED) is 0.792. The number of carboxylic acid groups (broad SMARTS) is 1. The number of benzene rings is 1. The topological polar surface area (TPSA) is 75.6 Å². The number of nitrogens with one attached hydrogen (secondary N) is 1. The third-order valence-electron chi connectivity index (χ3n) is 3.12. The highest BCUT2D eigenvalue weighted by molar-refractivity contribution is 5.84. The van der Waals surface area contributed by atoms with Crippen LogP contribution in [0.5, 0.6) is 0 Å². The molecule has 0 aliphatic rings. The van der Waals surface area contributed by atoms with Crippen molar-refractivity contribution in [2.45, 2.75) is 33.2 Å². The van der Waals surface area contributed by atoms with E-state index in [2.05, 4.69) is 5.32 Å². The van der Waals surface area contributed by atoms with Crippen LogP contribution in [-0.4, -0.2) is 36.2 Å². The van der Waals surface area contributed by atoms with Crippen LogP contribution in [0.1, 0.15) is 23.6 Å². The molecule has 0 fully saturated rings. The number of hydrogen-bond donors (Lipinski definition) is 2. The van der Waals surface area contributed by atoms with Crippen molar-refractivity contribution in [3.05, 3.63) is 34.9 Å². The Hall–Kier alpha value is -1.88. The normalized spacial score (nSPS) is 11.9. The van der Waals surface area contributed by atoms with E-state index in [-0.39, 0.29) is 13.0 Å². The number of carboxylic acids is 1. The molecular formula is C15H21NO4. The SMILES string of the molecule is CCOCC(=O)N[C@@H](Cc1c(C)cccc1C)C(=O)O. The molecular weight excluding hydrogens is 258 g/mol. The Morgan fingerprint density at radius 3 is 2.40 bits per heavy atom. The lowest BCUT2D eigenvalue weighted by Crippen LogP contribution is -2.44. The van der Waals surface area contributed by atoms with Crippen LogP contribution in [0.2, 0.25) is 0 Å². The zero-order valence-corrected chi connectivity index (χ0v) is 12.1. The standard InChI is InChI=1S/C15H21NO4/c1-4-20-9-14(17)16-13(15(18)19)8-12-10(2)6-5-7-11(12)3/h5-7,13H,4,8-9H2,1-3H3,(H,16,17)(H,18,19)/t13-/m0/s1. The lowest BCUT2D eigenvalue weighted by atomic mass is 9.96. The molecule has 5 nitrogen and oxygen atoms in total. The summed E-state index contributed by atoms with van der Waals surface area (Å²) in [5, 5.41) is 11.7. The first-order valence-electron chi connectivity index (χ1n) is 6.60. The van der Waals surface area contributed by atoms with Gasteiger partial charge in [0, 0.05) is 13.0 Å². The molecule has 0 aliphatic carbocycles. The van der Waals surface area contributed by atoms with Crippen LogP contribution >= 0.6 is 0 Å². The maximum Gasteiger partial charge on any atom is 0.326 e. The maximum absolute atomic E-state index is 11.6. The van der Waals surface area contributed by atoms with Crippen LogP contribution < -0.4 is 5.32 Å². The van der Waals surface area contributed by atoms with Crippen LogP contribution in [0, 0.1) is 13.8 Å². The van der Waals surface area contributed by atoms with Crippen molar-refractivity contribution < 1.29 is 19.4 Å². The van der Waals surface area contributed by atoms with Gasteiger partial charge in [0.1, 0.15) is 12.6 Å². The Labute approximate surface area is 118 Å². The highest BCUT2D eigenvalue weighted by atomic mass is 16.5. The van der Waals surface area contributed by atoms with Gasteiger partial charge in [0.05, 0.1) is 0 Å². The van der Waals surface area contributed by atoms with E-state index in [1.165, 1.54) is 0 Å². The summed E-state index contributed by atoms with van der Waals surface area (Å²) in [6.07, 6.45) is 0.270. The largest absolute Gasteiger partial charge is 0.480 e. The smallest absolute Gasteiger partial charge is 0.326 e. The van der Waals surface area contributed by atoms with Gasteiger partial charge in [0.2, 0.25) is 5.91 Å². The summed E-state index contributed by atoms with van der Waals surface area (Å²) in [6, 6.07) is 4.85. The molecule has 110 valence electrons. The number of hydrogen-bond acceptors (Lipinski definition) is 3. The highest BCUT2D eigenvalue weighted by Gasteiger charge is 2.21. The molecule has 0 saturated carbocycles. The second-order valence-corrected chi connectivity index (χ2v) is 4.67. The summed E-state index contributed by atoms with van der Waals surface area (Å²) in [6.45, 7) is 5.94. The number of rotatable bonds is 7. The van der Waals surface area contributed by atoms with Gasteiger partial charge in [-0.05, 0) is 37.5 Å². The molecule has 0 saturated heterocycles. The van der Waals surface area contributed by atoms with Gasteiger partial charge >= 0.3 is 5.97 Å². The van der Waals surface area contributed by atoms with E-state index < -0.39 is 17.9 Å². The zero-order chi connectivity index (χ0) is 15.1. The molecule has 0 spiro atoms. The predicted molar refractivity (Wildman–Crippen MR) is 75.7 cm³/mol. The Morgan fingerprint density at radius 1 is 1.30 bits per heavy atom. The monoisotopic (exact) mass is 279 g/mol. The van der Waals surface area contributed by atoms with Gasteiger partial charge in [-0.1, -0.05) is 18.2 Å². The van der Waals surface area contributed by atoms with Crippen LogP contribution in [0.3, 0.4) is 0 Å². The van der Waals surface area contributed by atoms with Crippen LogP contribution in [-0.2, 0) is 20.7 Å². The Morgan fingerprint density at radius 2 is 1.90 bits per heavy atom. The second-order valence-electron chi connectivity index (χ2n) is 4.67. The Balaban J connectivity index is 2.78. The van der Waals surface area contributed by atoms with Crippen molar-refractivity contribution in [2.24, 2.45) is 0 Å². The summed E-state index contributed by atoms with van der Waals surface area (Å²) in [5.74, 6) is -1.46. The molecule has 1 aromatic rings. The van der Waals surface area contributed by atoms with E-state index in [1.54, 1.807) is 6.92 Å². The average Bonchev–Trinajstić information content (AvgIpc) is 2.39. The molecule has 5 heteroatoms. The summed E-state index contributed by atoms with van der Waals surface area (Å²) in [7, 11) is 0. The fourth-order valence-electron chi connectivity index (χ4n) is 2.01. The van der Waals surface area contributed by atoms with Gasteiger partial charge in [-0.15, -0.1) is 0 Å². The van der Waals surface area contributed by atoms with Crippen molar-refractivity contribution in [3.63, 3.8) is 0 Å². The third kappa shape index (κ3) is 4.66. The van der Waals surface area contributed by atoms with E-state index >= 15 is 0 Å². The minimum atomic E-state index is -1.04. The minimum Gasteiger partial charge on any atom is -0.480 e. The van der Waals surface area contributed by atoms with Crippen LogP contribution in [0.25, 0.3) is 0 Å². The van der Waals surface area contributed by atoms with E-state index in [4.69, 9.17) is 4.74 Å². The molecule has 0 radical (unpaired) electrons. The van der Waals surface area contributed by atoms with Crippen LogP contribution in [0.4, 0.5) is 0 Å². The molecule has 20 heavy (non-hydrogen) atoms. The van der Waals surface area contributed by atoms with E-state index in [0.717, 1.165) is 16.7 Å². The number of carbonyl (C=O) groups is 2. The van der Waals surface area contributed by atoms with Crippen molar-refractivity contribution in [1.29, 1.82) is 0 Å². The lowest BCUT2D eigenvalue weighted by molar-refractivity contribution is -0.142. The number of carbonyl (C=O) groups excluding carboxylic acids is 1. The van der Waals surface area contributed by atoms with Gasteiger partial charge in [-0.3, -0.25) is 4.79 Å². The molecule has 2 N–H and O–H groups in total. The lowest BCUT2D eigenvalue weighted by Gasteiger charge is -2.17. The molecule has 1 aromatic carbocycles. The average molecular weight is 279 g/mol. The third-order valence-corrected chi connectivity index (χ3v) is 3.12. The summed E-state index contributed by atoms with van der Waals surface area (Å²) in [5.41, 5.74) is 3.00. The molecule has 0 aliphatic heterocycles. The van der Waals surface area contributed by atoms with E-state index in [1.807, 2.05) is 32.0 Å². The van der Waals surface area contributed by atoms with E-state index in [9.17, 15) is 14.7 Å². The van der Waals surface area contributed by atoms with Gasteiger partial charge in [0.25, 0.3) is 0 Å². The summed E-state index contributed by atoms with van der Waals surface area (Å²) >= 11 is 0. The molecule has 0 bridgehead atoms. The van der Waals surface area contributed by atoms with Gasteiger partial charge < -0.3 is 15.2 Å². The molecule has 0 unspecified atom stereocenters. The summed E-state index contributed by atoms with van der Waals surface area (Å²) in [4.78, 5) is 22.9. The number of amides is 1. The molecule has 1 rings (SSSR count). The Bertz CT molecular complexity index is 465. The van der Waals surface area contributed by atoms with Gasteiger partial charge in [-0.2, -0.15) is 0 Å². The first-order chi connectivity index (χ1) is 9.45. The molecule has 1 atom stereocenters. The molecule has 0 heterocycles. The number of aryl methyl sites for hydroxylation is 2. The van der Waals surface area contributed by atoms with Crippen molar-refractivity contribution in [1.82, 2.24) is 5.32 Å². The van der Waals surface area contributed by atoms with Crippen LogP contribution in [0.15, 0.2) is 18.2 Å². The predicted octanol–water partition coefficient (Wildman–Crippen LogP) is 1.45. The number of aliphatic carboxylic acids is 1. The van der Waals surface area contributed by atoms with Gasteiger partial charge in [0.15, 0.2) is 0 Å². The zero-order valence-electron chi connectivity index (χ0n) is 12.1. The first-order valence-corrected chi connectivity index (χ1v) is 6.60. The van der Waals surface area contributed by atoms with Gasteiger partial charge in [-0.25, -0.2) is 4.79 Å². The second kappa shape index (κ2) is 7.65. The molecule has 1 amide bonds. The maximum atomic E-state index is 11.6. The van der Waals surface area contributed by atoms with E-state index in [0.29, 0.717) is 6.61 Å². The summed E-state index contributed by atoms with van der Waals surface area (Å²) < 4.78 is 4.97. The fraction of sp³-hybridized carbons (Fsp3) is 0.467. The minimum absolute atomic E-state index is 0.118. The van der Waals surface area contributed by atoms with Crippen molar-refractivity contribution >= 4 is 11.9 Å².